The van der Waals surface area contributed by atoms with Crippen LogP contribution in [0.2, 0.25) is 5.02 Å². The predicted octanol–water partition coefficient (Wildman–Crippen LogP) is 3.78. The molecular formula is C18H18ClNO3S. The van der Waals surface area contributed by atoms with Gasteiger partial charge in [-0.2, -0.15) is 0 Å². The average molecular weight is 364 g/mol. The van der Waals surface area contributed by atoms with Crippen LogP contribution in [0.4, 0.5) is 0 Å². The van der Waals surface area contributed by atoms with Gasteiger partial charge in [-0.1, -0.05) is 54.1 Å². The minimum Gasteiger partial charge on any atom is -0.274 e. The van der Waals surface area contributed by atoms with Crippen molar-refractivity contribution >= 4 is 33.6 Å². The summed E-state index contributed by atoms with van der Waals surface area (Å²) < 4.78 is 25.8. The second kappa shape index (κ2) is 8.66. The summed E-state index contributed by atoms with van der Waals surface area (Å²) in [4.78, 5) is 11.8. The number of rotatable bonds is 7. The van der Waals surface area contributed by atoms with Gasteiger partial charge in [0.1, 0.15) is 0 Å². The van der Waals surface area contributed by atoms with E-state index in [1.807, 2.05) is 35.1 Å². The van der Waals surface area contributed by atoms with Gasteiger partial charge >= 0.3 is 0 Å². The SMILES string of the molecule is O=C(CCCc1ccc(Cl)cc1)NS(=O)(=O)/C=C/c1ccccc1. The van der Waals surface area contributed by atoms with E-state index in [0.29, 0.717) is 17.9 Å². The standard InChI is InChI=1S/C18H18ClNO3S/c19-17-11-9-16(10-12-17)7-4-8-18(21)20-24(22,23)14-13-15-5-2-1-3-6-15/h1-3,5-6,9-14H,4,7-8H2,(H,20,21)/b14-13+. The van der Waals surface area contributed by atoms with Crippen LogP contribution < -0.4 is 4.72 Å². The Morgan fingerprint density at radius 1 is 1.04 bits per heavy atom. The van der Waals surface area contributed by atoms with E-state index >= 15 is 0 Å². The van der Waals surface area contributed by atoms with Crippen molar-refractivity contribution in [2.24, 2.45) is 0 Å². The lowest BCUT2D eigenvalue weighted by atomic mass is 10.1. The number of sulfonamides is 1. The van der Waals surface area contributed by atoms with E-state index in [1.165, 1.54) is 6.08 Å². The van der Waals surface area contributed by atoms with Gasteiger partial charge in [0.05, 0.1) is 5.41 Å². The van der Waals surface area contributed by atoms with Gasteiger partial charge < -0.3 is 0 Å². The fourth-order valence-electron chi connectivity index (χ4n) is 2.08. The van der Waals surface area contributed by atoms with Crippen molar-refractivity contribution < 1.29 is 13.2 Å². The first-order chi connectivity index (χ1) is 11.4. The summed E-state index contributed by atoms with van der Waals surface area (Å²) in [5.74, 6) is -0.512. The van der Waals surface area contributed by atoms with E-state index in [0.717, 1.165) is 16.5 Å². The van der Waals surface area contributed by atoms with Crippen LogP contribution in [0.25, 0.3) is 6.08 Å². The first-order valence-corrected chi connectivity index (χ1v) is 9.40. The number of amides is 1. The topological polar surface area (TPSA) is 63.2 Å². The maximum absolute atomic E-state index is 11.9. The number of nitrogens with one attached hydrogen (secondary N) is 1. The van der Waals surface area contributed by atoms with E-state index in [1.54, 1.807) is 24.3 Å². The lowest BCUT2D eigenvalue weighted by Crippen LogP contribution is -2.28. The largest absolute Gasteiger partial charge is 0.274 e. The molecular weight excluding hydrogens is 346 g/mol. The third-order valence-corrected chi connectivity index (χ3v) is 4.54. The average Bonchev–Trinajstić information content (AvgIpc) is 2.55. The first kappa shape index (κ1) is 18.2. The van der Waals surface area contributed by atoms with Crippen LogP contribution in [-0.2, 0) is 21.2 Å². The zero-order chi connectivity index (χ0) is 17.4. The molecule has 0 unspecified atom stereocenters. The second-order valence-corrected chi connectivity index (χ2v) is 7.27. The van der Waals surface area contributed by atoms with Crippen molar-refractivity contribution in [1.29, 1.82) is 0 Å². The van der Waals surface area contributed by atoms with Crippen LogP contribution in [0.5, 0.6) is 0 Å². The lowest BCUT2D eigenvalue weighted by Gasteiger charge is -2.04. The number of hydrogen-bond acceptors (Lipinski definition) is 3. The Morgan fingerprint density at radius 3 is 2.38 bits per heavy atom. The molecule has 0 aromatic heterocycles. The van der Waals surface area contributed by atoms with Gasteiger partial charge in [0, 0.05) is 11.4 Å². The molecule has 24 heavy (non-hydrogen) atoms. The smallest absolute Gasteiger partial charge is 0.257 e. The molecule has 0 aliphatic heterocycles. The van der Waals surface area contributed by atoms with Crippen molar-refractivity contribution in [2.45, 2.75) is 19.3 Å². The molecule has 0 aliphatic carbocycles. The van der Waals surface area contributed by atoms with Crippen LogP contribution in [0, 0.1) is 0 Å². The third kappa shape index (κ3) is 6.56. The van der Waals surface area contributed by atoms with Crippen molar-refractivity contribution in [1.82, 2.24) is 4.72 Å². The third-order valence-electron chi connectivity index (χ3n) is 3.28. The molecule has 0 saturated heterocycles. The van der Waals surface area contributed by atoms with Gasteiger partial charge in [0.2, 0.25) is 5.91 Å². The molecule has 0 aliphatic rings. The molecule has 0 fully saturated rings. The summed E-state index contributed by atoms with van der Waals surface area (Å²) in [6.45, 7) is 0. The van der Waals surface area contributed by atoms with Crippen molar-refractivity contribution in [3.63, 3.8) is 0 Å². The van der Waals surface area contributed by atoms with Crippen LogP contribution in [-0.4, -0.2) is 14.3 Å². The van der Waals surface area contributed by atoms with E-state index in [2.05, 4.69) is 0 Å². The number of carbonyl (C=O) groups excluding carboxylic acids is 1. The van der Waals surface area contributed by atoms with Gasteiger partial charge in [-0.25, -0.2) is 13.1 Å². The number of aryl methyl sites for hydroxylation is 1. The van der Waals surface area contributed by atoms with Crippen molar-refractivity contribution in [2.75, 3.05) is 0 Å². The van der Waals surface area contributed by atoms with Gasteiger partial charge in [-0.15, -0.1) is 0 Å². The highest BCUT2D eigenvalue weighted by Crippen LogP contribution is 2.11. The van der Waals surface area contributed by atoms with E-state index in [9.17, 15) is 13.2 Å². The van der Waals surface area contributed by atoms with Crippen molar-refractivity contribution in [3.8, 4) is 0 Å². The van der Waals surface area contributed by atoms with Crippen LogP contribution >= 0.6 is 11.6 Å². The molecule has 2 aromatic rings. The van der Waals surface area contributed by atoms with Gasteiger partial charge in [-0.05, 0) is 42.2 Å². The Hall–Kier alpha value is -2.11. The van der Waals surface area contributed by atoms with E-state index < -0.39 is 15.9 Å². The molecule has 2 aromatic carbocycles. The first-order valence-electron chi connectivity index (χ1n) is 7.48. The highest BCUT2D eigenvalue weighted by Gasteiger charge is 2.10. The Labute approximate surface area is 147 Å². The molecule has 1 N–H and O–H groups in total. The van der Waals surface area contributed by atoms with Crippen LogP contribution in [0.1, 0.15) is 24.0 Å². The summed E-state index contributed by atoms with van der Waals surface area (Å²) in [7, 11) is -3.78. The number of hydrogen-bond donors (Lipinski definition) is 1. The predicted molar refractivity (Wildman–Crippen MR) is 96.9 cm³/mol. The van der Waals surface area contributed by atoms with E-state index in [4.69, 9.17) is 11.6 Å². The maximum atomic E-state index is 11.9. The molecule has 0 atom stereocenters. The quantitative estimate of drug-likeness (QED) is 0.814. The normalized spacial score (nSPS) is 11.5. The van der Waals surface area contributed by atoms with Crippen LogP contribution in [0.3, 0.4) is 0 Å². The zero-order valence-corrected chi connectivity index (χ0v) is 14.6. The minimum atomic E-state index is -3.78. The fourth-order valence-corrected chi connectivity index (χ4v) is 3.03. The molecule has 0 radical (unpaired) electrons. The molecule has 1 amide bonds. The van der Waals surface area contributed by atoms with Crippen LogP contribution in [0.15, 0.2) is 60.0 Å². The lowest BCUT2D eigenvalue weighted by molar-refractivity contribution is -0.119. The second-order valence-electron chi connectivity index (χ2n) is 5.26. The Morgan fingerprint density at radius 2 is 1.71 bits per heavy atom. The molecule has 126 valence electrons. The highest BCUT2D eigenvalue weighted by molar-refractivity contribution is 7.93. The number of halogens is 1. The molecule has 2 rings (SSSR count). The van der Waals surface area contributed by atoms with Gasteiger partial charge in [-0.3, -0.25) is 4.79 Å². The Bertz CT molecular complexity index is 800. The summed E-state index contributed by atoms with van der Waals surface area (Å²) in [6.07, 6.45) is 2.83. The summed E-state index contributed by atoms with van der Waals surface area (Å²) in [6, 6.07) is 16.4. The highest BCUT2D eigenvalue weighted by atomic mass is 35.5. The van der Waals surface area contributed by atoms with Gasteiger partial charge in [0.25, 0.3) is 10.0 Å². The molecule has 0 bridgehead atoms. The van der Waals surface area contributed by atoms with Gasteiger partial charge in [0.15, 0.2) is 0 Å². The summed E-state index contributed by atoms with van der Waals surface area (Å²) >= 11 is 5.81. The van der Waals surface area contributed by atoms with Crippen molar-refractivity contribution in [3.05, 3.63) is 76.2 Å². The Balaban J connectivity index is 1.80. The fraction of sp³-hybridized carbons (Fsp3) is 0.167. The number of carbonyl (C=O) groups is 1. The molecule has 0 heterocycles. The summed E-state index contributed by atoms with van der Waals surface area (Å²) in [5.41, 5.74) is 1.80. The maximum Gasteiger partial charge on any atom is 0.257 e. The Kier molecular flexibility index (Phi) is 6.58. The molecule has 4 nitrogen and oxygen atoms in total. The van der Waals surface area contributed by atoms with E-state index in [-0.39, 0.29) is 6.42 Å². The number of benzene rings is 2. The summed E-state index contributed by atoms with van der Waals surface area (Å²) in [5, 5.41) is 1.66. The molecule has 6 heteroatoms. The monoisotopic (exact) mass is 363 g/mol. The minimum absolute atomic E-state index is 0.140. The molecule has 0 spiro atoms. The zero-order valence-electron chi connectivity index (χ0n) is 13.0. The molecule has 0 saturated carbocycles.